The zero-order chi connectivity index (χ0) is 7.28. The topological polar surface area (TPSA) is 41.3 Å². The monoisotopic (exact) mass is 129 g/mol. The van der Waals surface area contributed by atoms with Gasteiger partial charge in [-0.05, 0) is 6.92 Å². The van der Waals surface area contributed by atoms with Gasteiger partial charge in [-0.15, -0.1) is 0 Å². The van der Waals surface area contributed by atoms with E-state index in [1.54, 1.807) is 0 Å². The summed E-state index contributed by atoms with van der Waals surface area (Å²) < 4.78 is 0. The number of nitrogens with two attached hydrogens (primary N) is 1. The highest BCUT2D eigenvalue weighted by molar-refractivity contribution is 4.95. The Morgan fingerprint density at radius 3 is 2.56 bits per heavy atom. The Hall–Kier alpha value is -0.540. The van der Waals surface area contributed by atoms with Crippen molar-refractivity contribution < 1.29 is 0 Å². The van der Waals surface area contributed by atoms with Crippen molar-refractivity contribution in [2.45, 2.75) is 6.92 Å². The van der Waals surface area contributed by atoms with Crippen molar-refractivity contribution in [3.8, 4) is 0 Å². The lowest BCUT2D eigenvalue weighted by Crippen LogP contribution is -2.22. The molecular weight excluding hydrogens is 114 g/mol. The predicted octanol–water partition coefficient (Wildman–Crippen LogP) is -0.0849. The molecule has 0 aliphatic heterocycles. The second kappa shape index (κ2) is 4.35. The minimum Gasteiger partial charge on any atom is -0.381 e. The number of nitrogens with zero attached hydrogens (tertiary/aromatic N) is 1. The summed E-state index contributed by atoms with van der Waals surface area (Å²) in [4.78, 5) is 2.04. The summed E-state index contributed by atoms with van der Waals surface area (Å²) in [6, 6.07) is 0. The van der Waals surface area contributed by atoms with Gasteiger partial charge in [0.1, 0.15) is 0 Å². The maximum atomic E-state index is 5.06. The quantitative estimate of drug-likeness (QED) is 0.413. The average molecular weight is 129 g/mol. The van der Waals surface area contributed by atoms with Gasteiger partial charge in [-0.1, -0.05) is 6.08 Å². The van der Waals surface area contributed by atoms with Gasteiger partial charge in [-0.2, -0.15) is 0 Å². The van der Waals surface area contributed by atoms with Crippen LogP contribution in [0.15, 0.2) is 11.8 Å². The van der Waals surface area contributed by atoms with E-state index in [0.717, 1.165) is 6.54 Å². The molecule has 0 aliphatic rings. The third-order valence-electron chi connectivity index (χ3n) is 1.22. The van der Waals surface area contributed by atoms with Crippen LogP contribution in [0.3, 0.4) is 0 Å². The Morgan fingerprint density at radius 2 is 2.22 bits per heavy atom. The van der Waals surface area contributed by atoms with Crippen LogP contribution >= 0.6 is 0 Å². The molecule has 0 heterocycles. The molecule has 0 aromatic carbocycles. The van der Waals surface area contributed by atoms with Gasteiger partial charge in [0.15, 0.2) is 0 Å². The number of hydrogen-bond acceptors (Lipinski definition) is 3. The Morgan fingerprint density at radius 1 is 1.67 bits per heavy atom. The van der Waals surface area contributed by atoms with Crippen LogP contribution in [0, 0.1) is 0 Å². The largest absolute Gasteiger partial charge is 0.381 e. The molecule has 54 valence electrons. The fraction of sp³-hybridized carbons (Fsp3) is 0.667. The van der Waals surface area contributed by atoms with Crippen LogP contribution in [0.4, 0.5) is 0 Å². The third kappa shape index (κ3) is 4.00. The molecule has 0 amide bonds. The highest BCUT2D eigenvalue weighted by Gasteiger charge is 1.86. The smallest absolute Gasteiger partial charge is 0.0298 e. The van der Waals surface area contributed by atoms with Gasteiger partial charge in [0.25, 0.3) is 0 Å². The van der Waals surface area contributed by atoms with Crippen LogP contribution < -0.4 is 11.3 Å². The van der Waals surface area contributed by atoms with Crippen molar-refractivity contribution in [3.05, 3.63) is 11.8 Å². The Kier molecular flexibility index (Phi) is 4.09. The number of hydrogen-bond donors (Lipinski definition) is 2. The van der Waals surface area contributed by atoms with Crippen molar-refractivity contribution >= 4 is 0 Å². The molecule has 3 nitrogen and oxygen atoms in total. The first-order valence-electron chi connectivity index (χ1n) is 2.96. The standard InChI is InChI=1S/C6H15N3/c1-6(9(2)3)4-5-8-7/h4,8H,5,7H2,1-3H3/b6-4-. The molecule has 0 unspecified atom stereocenters. The van der Waals surface area contributed by atoms with Crippen molar-refractivity contribution in [1.82, 2.24) is 10.3 Å². The Bertz CT molecular complexity index is 96.5. The van der Waals surface area contributed by atoms with Gasteiger partial charge in [0.2, 0.25) is 0 Å². The van der Waals surface area contributed by atoms with E-state index < -0.39 is 0 Å². The van der Waals surface area contributed by atoms with E-state index in [4.69, 9.17) is 5.84 Å². The zero-order valence-electron chi connectivity index (χ0n) is 6.31. The number of nitrogens with one attached hydrogen (secondary N) is 1. The van der Waals surface area contributed by atoms with Crippen molar-refractivity contribution in [3.63, 3.8) is 0 Å². The molecule has 0 aliphatic carbocycles. The number of rotatable bonds is 3. The number of allylic oxidation sites excluding steroid dienone is 1. The lowest BCUT2D eigenvalue weighted by molar-refractivity contribution is 0.510. The van der Waals surface area contributed by atoms with E-state index in [-0.39, 0.29) is 0 Å². The SMILES string of the molecule is C/C(=C/CNN)N(C)C. The molecule has 0 aromatic rings. The molecule has 0 radical (unpaired) electrons. The first kappa shape index (κ1) is 8.46. The van der Waals surface area contributed by atoms with Crippen LogP contribution in [-0.4, -0.2) is 25.5 Å². The van der Waals surface area contributed by atoms with Gasteiger partial charge < -0.3 is 4.90 Å². The third-order valence-corrected chi connectivity index (χ3v) is 1.22. The lowest BCUT2D eigenvalue weighted by atomic mass is 10.4. The van der Waals surface area contributed by atoms with Gasteiger partial charge in [-0.3, -0.25) is 11.3 Å². The van der Waals surface area contributed by atoms with E-state index in [0.29, 0.717) is 0 Å². The van der Waals surface area contributed by atoms with Gasteiger partial charge in [0.05, 0.1) is 0 Å². The molecule has 9 heavy (non-hydrogen) atoms. The van der Waals surface area contributed by atoms with Crippen molar-refractivity contribution in [2.75, 3.05) is 20.6 Å². The van der Waals surface area contributed by atoms with E-state index in [2.05, 4.69) is 5.43 Å². The highest BCUT2D eigenvalue weighted by atomic mass is 15.2. The Labute approximate surface area is 56.5 Å². The summed E-state index contributed by atoms with van der Waals surface area (Å²) in [5.74, 6) is 5.06. The second-order valence-electron chi connectivity index (χ2n) is 2.15. The maximum absolute atomic E-state index is 5.06. The first-order valence-corrected chi connectivity index (χ1v) is 2.96. The summed E-state index contributed by atoms with van der Waals surface area (Å²) in [6.45, 7) is 2.77. The van der Waals surface area contributed by atoms with E-state index in [1.807, 2.05) is 32.0 Å². The van der Waals surface area contributed by atoms with Crippen LogP contribution in [0.1, 0.15) is 6.92 Å². The molecule has 0 saturated heterocycles. The van der Waals surface area contributed by atoms with Gasteiger partial charge in [0, 0.05) is 26.3 Å². The molecule has 0 saturated carbocycles. The van der Waals surface area contributed by atoms with Gasteiger partial charge >= 0.3 is 0 Å². The fourth-order valence-electron chi connectivity index (χ4n) is 0.389. The molecule has 0 bridgehead atoms. The summed E-state index contributed by atoms with van der Waals surface area (Å²) >= 11 is 0. The first-order chi connectivity index (χ1) is 4.18. The van der Waals surface area contributed by atoms with Crippen LogP contribution in [0.25, 0.3) is 0 Å². The molecule has 0 fully saturated rings. The zero-order valence-corrected chi connectivity index (χ0v) is 6.31. The maximum Gasteiger partial charge on any atom is 0.0298 e. The van der Waals surface area contributed by atoms with Crippen molar-refractivity contribution in [1.29, 1.82) is 0 Å². The predicted molar refractivity (Wildman–Crippen MR) is 39.6 cm³/mol. The normalized spacial score (nSPS) is 11.8. The summed E-state index contributed by atoms with van der Waals surface area (Å²) in [5, 5.41) is 0. The minimum atomic E-state index is 0.726. The molecular formula is C6H15N3. The summed E-state index contributed by atoms with van der Waals surface area (Å²) in [7, 11) is 4.00. The second-order valence-corrected chi connectivity index (χ2v) is 2.15. The van der Waals surface area contributed by atoms with E-state index in [1.165, 1.54) is 5.70 Å². The molecule has 3 N–H and O–H groups in total. The molecule has 0 spiro atoms. The van der Waals surface area contributed by atoms with Gasteiger partial charge in [-0.25, -0.2) is 0 Å². The Balaban J connectivity index is 3.55. The molecule has 0 atom stereocenters. The van der Waals surface area contributed by atoms with Crippen LogP contribution in [0.2, 0.25) is 0 Å². The van der Waals surface area contributed by atoms with Crippen LogP contribution in [-0.2, 0) is 0 Å². The molecule has 3 heteroatoms. The number of hydrazine groups is 1. The van der Waals surface area contributed by atoms with E-state index >= 15 is 0 Å². The average Bonchev–Trinajstić information content (AvgIpc) is 1.82. The lowest BCUT2D eigenvalue weighted by Gasteiger charge is -2.11. The summed E-state index contributed by atoms with van der Waals surface area (Å²) in [5.41, 5.74) is 3.77. The molecule has 0 rings (SSSR count). The van der Waals surface area contributed by atoms with Crippen molar-refractivity contribution in [2.24, 2.45) is 5.84 Å². The summed E-state index contributed by atoms with van der Waals surface area (Å²) in [6.07, 6.45) is 2.03. The van der Waals surface area contributed by atoms with E-state index in [9.17, 15) is 0 Å². The molecule has 0 aromatic heterocycles. The van der Waals surface area contributed by atoms with Crippen LogP contribution in [0.5, 0.6) is 0 Å². The minimum absolute atomic E-state index is 0.726. The fourth-order valence-corrected chi connectivity index (χ4v) is 0.389. The highest BCUT2D eigenvalue weighted by Crippen LogP contribution is 1.92.